The zero-order chi connectivity index (χ0) is 30.4. The van der Waals surface area contributed by atoms with E-state index in [4.69, 9.17) is 4.74 Å². The van der Waals surface area contributed by atoms with Crippen molar-refractivity contribution >= 4 is 27.5 Å². The number of benzene rings is 4. The van der Waals surface area contributed by atoms with Crippen LogP contribution in [0.1, 0.15) is 16.7 Å². The highest BCUT2D eigenvalue weighted by molar-refractivity contribution is 7.89. The first-order valence-electron chi connectivity index (χ1n) is 13.9. The fourth-order valence-corrected chi connectivity index (χ4v) is 6.19. The summed E-state index contributed by atoms with van der Waals surface area (Å²) < 4.78 is 48.2. The summed E-state index contributed by atoms with van der Waals surface area (Å²) in [4.78, 5) is 28.4. The Morgan fingerprint density at radius 1 is 0.907 bits per heavy atom. The van der Waals surface area contributed by atoms with Gasteiger partial charge in [0.05, 0.1) is 23.7 Å². The Hall–Kier alpha value is -4.54. The van der Waals surface area contributed by atoms with Gasteiger partial charge in [0.2, 0.25) is 15.9 Å². The molecule has 0 radical (unpaired) electrons. The van der Waals surface area contributed by atoms with Crippen molar-refractivity contribution in [2.75, 3.05) is 24.5 Å². The highest BCUT2D eigenvalue weighted by Gasteiger charge is 2.36. The van der Waals surface area contributed by atoms with Crippen LogP contribution in [0.3, 0.4) is 0 Å². The lowest BCUT2D eigenvalue weighted by Gasteiger charge is -2.35. The SMILES string of the molecule is Cc1ccc(S(=O)(=O)N(CC(=O)N2CC(C(=O)NCCc3ccccc3)Oc3ccccc32)Cc2ccc(F)cc2)cc1. The van der Waals surface area contributed by atoms with Crippen LogP contribution in [0.15, 0.2) is 108 Å². The molecule has 0 spiro atoms. The number of para-hydroxylation sites is 2. The predicted molar refractivity (Wildman–Crippen MR) is 162 cm³/mol. The second kappa shape index (κ2) is 13.2. The summed E-state index contributed by atoms with van der Waals surface area (Å²) in [5, 5.41) is 2.88. The molecule has 0 fully saturated rings. The third-order valence-electron chi connectivity index (χ3n) is 7.17. The molecule has 222 valence electrons. The number of hydrogen-bond donors (Lipinski definition) is 1. The first-order chi connectivity index (χ1) is 20.7. The molecule has 0 saturated heterocycles. The molecule has 1 N–H and O–H groups in total. The second-order valence-corrected chi connectivity index (χ2v) is 12.3. The average molecular weight is 602 g/mol. The molecule has 1 atom stereocenters. The summed E-state index contributed by atoms with van der Waals surface area (Å²) in [6.45, 7) is 1.47. The first kappa shape index (κ1) is 29.9. The van der Waals surface area contributed by atoms with Crippen molar-refractivity contribution in [2.24, 2.45) is 0 Å². The zero-order valence-corrected chi connectivity index (χ0v) is 24.5. The summed E-state index contributed by atoms with van der Waals surface area (Å²) in [7, 11) is -4.12. The van der Waals surface area contributed by atoms with Crippen LogP contribution in [0.2, 0.25) is 0 Å². The van der Waals surface area contributed by atoms with Gasteiger partial charge in [-0.05, 0) is 60.9 Å². The number of rotatable bonds is 10. The van der Waals surface area contributed by atoms with Crippen LogP contribution < -0.4 is 15.0 Å². The van der Waals surface area contributed by atoms with E-state index in [-0.39, 0.29) is 23.9 Å². The third-order valence-corrected chi connectivity index (χ3v) is 8.97. The quantitative estimate of drug-likeness (QED) is 0.289. The number of sulfonamides is 1. The molecule has 2 amide bonds. The second-order valence-electron chi connectivity index (χ2n) is 10.3. The Morgan fingerprint density at radius 2 is 1.58 bits per heavy atom. The predicted octanol–water partition coefficient (Wildman–Crippen LogP) is 4.48. The number of halogens is 1. The van der Waals surface area contributed by atoms with Crippen LogP contribution in [0.4, 0.5) is 10.1 Å². The van der Waals surface area contributed by atoms with Gasteiger partial charge in [-0.3, -0.25) is 9.59 Å². The molecular weight excluding hydrogens is 569 g/mol. The van der Waals surface area contributed by atoms with Crippen molar-refractivity contribution in [3.63, 3.8) is 0 Å². The van der Waals surface area contributed by atoms with Crippen molar-refractivity contribution in [2.45, 2.75) is 30.9 Å². The number of carbonyl (C=O) groups is 2. The lowest BCUT2D eigenvalue weighted by atomic mass is 10.1. The van der Waals surface area contributed by atoms with Crippen molar-refractivity contribution in [3.8, 4) is 5.75 Å². The molecule has 43 heavy (non-hydrogen) atoms. The number of amides is 2. The number of aryl methyl sites for hydroxylation is 1. The molecular formula is C33H32FN3O5S. The molecule has 0 bridgehead atoms. The fourth-order valence-electron chi connectivity index (χ4n) is 4.81. The molecule has 0 aromatic heterocycles. The number of nitrogens with one attached hydrogen (secondary N) is 1. The molecule has 0 saturated carbocycles. The molecule has 4 aromatic carbocycles. The van der Waals surface area contributed by atoms with E-state index in [1.54, 1.807) is 36.4 Å². The van der Waals surface area contributed by atoms with E-state index in [0.29, 0.717) is 30.0 Å². The summed E-state index contributed by atoms with van der Waals surface area (Å²) >= 11 is 0. The Labute approximate surface area is 250 Å². The highest BCUT2D eigenvalue weighted by Crippen LogP contribution is 2.33. The van der Waals surface area contributed by atoms with Gasteiger partial charge in [-0.15, -0.1) is 0 Å². The van der Waals surface area contributed by atoms with Gasteiger partial charge in [0, 0.05) is 13.1 Å². The molecule has 10 heteroatoms. The van der Waals surface area contributed by atoms with Crippen molar-refractivity contribution in [1.82, 2.24) is 9.62 Å². The molecule has 1 aliphatic heterocycles. The standard InChI is InChI=1S/C33H32FN3O5S/c1-24-11-17-28(18-12-24)43(40,41)36(21-26-13-15-27(34)16-14-26)23-32(38)37-22-31(42-30-10-6-5-9-29(30)37)33(39)35-20-19-25-7-3-2-4-8-25/h2-18,31H,19-23H2,1H3,(H,35,39). The van der Waals surface area contributed by atoms with Crippen LogP contribution in [-0.2, 0) is 32.6 Å². The van der Waals surface area contributed by atoms with Crippen LogP contribution in [0, 0.1) is 12.7 Å². The average Bonchev–Trinajstić information content (AvgIpc) is 3.01. The topological polar surface area (TPSA) is 96.0 Å². The number of anilines is 1. The summed E-state index contributed by atoms with van der Waals surface area (Å²) in [6, 6.07) is 28.4. The van der Waals surface area contributed by atoms with E-state index >= 15 is 0 Å². The minimum atomic E-state index is -4.12. The van der Waals surface area contributed by atoms with Gasteiger partial charge in [-0.2, -0.15) is 4.31 Å². The Morgan fingerprint density at radius 3 is 2.30 bits per heavy atom. The molecule has 8 nitrogen and oxygen atoms in total. The normalized spacial score (nSPS) is 14.6. The minimum absolute atomic E-state index is 0.0334. The van der Waals surface area contributed by atoms with Crippen LogP contribution in [0.5, 0.6) is 5.75 Å². The maximum Gasteiger partial charge on any atom is 0.262 e. The van der Waals surface area contributed by atoms with Crippen LogP contribution >= 0.6 is 0 Å². The Bertz CT molecular complexity index is 1680. The number of ether oxygens (including phenoxy) is 1. The smallest absolute Gasteiger partial charge is 0.262 e. The molecule has 5 rings (SSSR count). The lowest BCUT2D eigenvalue weighted by molar-refractivity contribution is -0.128. The van der Waals surface area contributed by atoms with Gasteiger partial charge in [0.1, 0.15) is 11.6 Å². The first-order valence-corrected chi connectivity index (χ1v) is 15.3. The largest absolute Gasteiger partial charge is 0.477 e. The van der Waals surface area contributed by atoms with Gasteiger partial charge in [-0.1, -0.05) is 72.3 Å². The molecule has 0 aliphatic carbocycles. The van der Waals surface area contributed by atoms with E-state index in [0.717, 1.165) is 15.4 Å². The third kappa shape index (κ3) is 7.28. The Kier molecular flexibility index (Phi) is 9.18. The van der Waals surface area contributed by atoms with Crippen molar-refractivity contribution in [1.29, 1.82) is 0 Å². The van der Waals surface area contributed by atoms with Crippen LogP contribution in [-0.4, -0.2) is 50.3 Å². The van der Waals surface area contributed by atoms with Gasteiger partial charge < -0.3 is 15.0 Å². The Balaban J connectivity index is 1.37. The van der Waals surface area contributed by atoms with Gasteiger partial charge in [0.15, 0.2) is 6.10 Å². The molecule has 1 unspecified atom stereocenters. The maximum atomic E-state index is 13.9. The van der Waals surface area contributed by atoms with E-state index in [1.165, 1.54) is 41.3 Å². The summed E-state index contributed by atoms with van der Waals surface area (Å²) in [5.41, 5.74) is 2.92. The van der Waals surface area contributed by atoms with Gasteiger partial charge in [-0.25, -0.2) is 12.8 Å². The lowest BCUT2D eigenvalue weighted by Crippen LogP contribution is -2.53. The number of nitrogens with zero attached hydrogens (tertiary/aromatic N) is 2. The van der Waals surface area contributed by atoms with E-state index < -0.39 is 34.4 Å². The van der Waals surface area contributed by atoms with Crippen molar-refractivity contribution < 1.29 is 27.1 Å². The highest BCUT2D eigenvalue weighted by atomic mass is 32.2. The van der Waals surface area contributed by atoms with Crippen molar-refractivity contribution in [3.05, 3.63) is 126 Å². The minimum Gasteiger partial charge on any atom is -0.477 e. The summed E-state index contributed by atoms with van der Waals surface area (Å²) in [6.07, 6.45) is -0.359. The number of carbonyl (C=O) groups excluding carboxylic acids is 2. The van der Waals surface area contributed by atoms with E-state index in [2.05, 4.69) is 5.32 Å². The maximum absolute atomic E-state index is 13.9. The van der Waals surface area contributed by atoms with Gasteiger partial charge in [0.25, 0.3) is 5.91 Å². The van der Waals surface area contributed by atoms with E-state index in [9.17, 15) is 22.4 Å². The molecule has 4 aromatic rings. The number of hydrogen-bond acceptors (Lipinski definition) is 5. The monoisotopic (exact) mass is 601 g/mol. The van der Waals surface area contributed by atoms with Crippen LogP contribution in [0.25, 0.3) is 0 Å². The fraction of sp³-hybridized carbons (Fsp3) is 0.212. The number of fused-ring (bicyclic) bond motifs is 1. The molecule has 1 aliphatic rings. The zero-order valence-electron chi connectivity index (χ0n) is 23.6. The van der Waals surface area contributed by atoms with Gasteiger partial charge >= 0.3 is 0 Å². The van der Waals surface area contributed by atoms with E-state index in [1.807, 2.05) is 37.3 Å². The summed E-state index contributed by atoms with van der Waals surface area (Å²) in [5.74, 6) is -1.02. The molecule has 1 heterocycles.